The van der Waals surface area contributed by atoms with Gasteiger partial charge in [0.05, 0.1) is 4.92 Å². The Morgan fingerprint density at radius 1 is 1.33 bits per heavy atom. The van der Waals surface area contributed by atoms with E-state index in [1.807, 2.05) is 6.07 Å². The monoisotopic (exact) mass is 328 g/mol. The standard InChI is InChI=1S/C15H16N6O3/c16-13(22)12(9-4-2-1-3-5-9)19-15-17-8-11(21(23)24)14(20-15)18-10-6-7-10/h1-5,8,10,12H,6-7H2,(H2,16,22)(H2,17,18,19,20). The van der Waals surface area contributed by atoms with Crippen LogP contribution in [0, 0.1) is 10.1 Å². The lowest BCUT2D eigenvalue weighted by Crippen LogP contribution is -2.28. The number of benzene rings is 1. The van der Waals surface area contributed by atoms with E-state index in [0.29, 0.717) is 5.56 Å². The van der Waals surface area contributed by atoms with Crippen molar-refractivity contribution >= 4 is 23.4 Å². The maximum atomic E-state index is 11.7. The first-order valence-corrected chi connectivity index (χ1v) is 7.43. The van der Waals surface area contributed by atoms with Crippen molar-refractivity contribution in [2.75, 3.05) is 10.6 Å². The lowest BCUT2D eigenvalue weighted by molar-refractivity contribution is -0.384. The molecule has 1 amide bonds. The molecule has 0 aliphatic heterocycles. The quantitative estimate of drug-likeness (QED) is 0.518. The molecule has 1 aromatic carbocycles. The van der Waals surface area contributed by atoms with E-state index in [1.165, 1.54) is 0 Å². The number of nitrogens with zero attached hydrogens (tertiary/aromatic N) is 3. The van der Waals surface area contributed by atoms with E-state index in [1.54, 1.807) is 24.3 Å². The normalized spacial score (nSPS) is 14.7. The van der Waals surface area contributed by atoms with Gasteiger partial charge in [0.15, 0.2) is 0 Å². The first-order valence-electron chi connectivity index (χ1n) is 7.43. The van der Waals surface area contributed by atoms with Gasteiger partial charge < -0.3 is 16.4 Å². The number of aromatic nitrogens is 2. The summed E-state index contributed by atoms with van der Waals surface area (Å²) >= 11 is 0. The second kappa shape index (κ2) is 6.49. The van der Waals surface area contributed by atoms with E-state index >= 15 is 0 Å². The summed E-state index contributed by atoms with van der Waals surface area (Å²) in [6.07, 6.45) is 3.00. The number of nitrogens with one attached hydrogen (secondary N) is 2. The minimum atomic E-state index is -0.832. The van der Waals surface area contributed by atoms with Crippen LogP contribution in [0.15, 0.2) is 36.5 Å². The Morgan fingerprint density at radius 2 is 2.04 bits per heavy atom. The van der Waals surface area contributed by atoms with E-state index in [2.05, 4.69) is 20.6 Å². The van der Waals surface area contributed by atoms with Crippen LogP contribution in [0.2, 0.25) is 0 Å². The molecule has 9 nitrogen and oxygen atoms in total. The molecule has 1 aliphatic carbocycles. The molecule has 1 aliphatic rings. The van der Waals surface area contributed by atoms with Crippen LogP contribution in [0.4, 0.5) is 17.5 Å². The Balaban J connectivity index is 1.87. The zero-order valence-corrected chi connectivity index (χ0v) is 12.7. The number of primary amides is 1. The minimum absolute atomic E-state index is 0.0939. The largest absolute Gasteiger partial charge is 0.368 e. The van der Waals surface area contributed by atoms with E-state index in [-0.39, 0.29) is 23.5 Å². The van der Waals surface area contributed by atoms with E-state index < -0.39 is 16.9 Å². The second-order valence-corrected chi connectivity index (χ2v) is 5.49. The summed E-state index contributed by atoms with van der Waals surface area (Å²) in [6, 6.07) is 8.23. The van der Waals surface area contributed by atoms with Gasteiger partial charge in [-0.25, -0.2) is 4.98 Å². The molecule has 3 rings (SSSR count). The highest BCUT2D eigenvalue weighted by atomic mass is 16.6. The van der Waals surface area contributed by atoms with Gasteiger partial charge in [-0.3, -0.25) is 14.9 Å². The molecule has 4 N–H and O–H groups in total. The van der Waals surface area contributed by atoms with Gasteiger partial charge in [-0.05, 0) is 18.4 Å². The highest BCUT2D eigenvalue weighted by molar-refractivity contribution is 5.84. The summed E-state index contributed by atoms with van der Waals surface area (Å²) in [5, 5.41) is 16.9. The molecule has 1 atom stereocenters. The van der Waals surface area contributed by atoms with Crippen molar-refractivity contribution in [3.05, 3.63) is 52.2 Å². The SMILES string of the molecule is NC(=O)C(Nc1ncc([N+](=O)[O-])c(NC2CC2)n1)c1ccccc1. The van der Waals surface area contributed by atoms with E-state index in [9.17, 15) is 14.9 Å². The maximum Gasteiger partial charge on any atom is 0.329 e. The Hall–Kier alpha value is -3.23. The highest BCUT2D eigenvalue weighted by Crippen LogP contribution is 2.30. The van der Waals surface area contributed by atoms with Crippen molar-refractivity contribution in [3.63, 3.8) is 0 Å². The number of rotatable bonds is 7. The third kappa shape index (κ3) is 3.57. The summed E-state index contributed by atoms with van der Waals surface area (Å²) in [5.74, 6) is -0.368. The fourth-order valence-electron chi connectivity index (χ4n) is 2.20. The van der Waals surface area contributed by atoms with Gasteiger partial charge in [0.25, 0.3) is 0 Å². The predicted molar refractivity (Wildman–Crippen MR) is 87.3 cm³/mol. The summed E-state index contributed by atoms with van der Waals surface area (Å²) < 4.78 is 0. The fourth-order valence-corrected chi connectivity index (χ4v) is 2.20. The molecule has 1 aromatic heterocycles. The topological polar surface area (TPSA) is 136 Å². The molecule has 24 heavy (non-hydrogen) atoms. The molecule has 2 aromatic rings. The van der Waals surface area contributed by atoms with Gasteiger partial charge in [0.2, 0.25) is 17.7 Å². The van der Waals surface area contributed by atoms with Crippen molar-refractivity contribution in [2.24, 2.45) is 5.73 Å². The predicted octanol–water partition coefficient (Wildman–Crippen LogP) is 1.60. The van der Waals surface area contributed by atoms with Crippen LogP contribution in [-0.4, -0.2) is 26.8 Å². The zero-order valence-electron chi connectivity index (χ0n) is 12.7. The molecular weight excluding hydrogens is 312 g/mol. The molecule has 0 spiro atoms. The average molecular weight is 328 g/mol. The Bertz CT molecular complexity index is 763. The van der Waals surface area contributed by atoms with Crippen molar-refractivity contribution in [1.29, 1.82) is 0 Å². The smallest absolute Gasteiger partial charge is 0.329 e. The lowest BCUT2D eigenvalue weighted by atomic mass is 10.1. The fraction of sp³-hybridized carbons (Fsp3) is 0.267. The molecule has 124 valence electrons. The van der Waals surface area contributed by atoms with Gasteiger partial charge >= 0.3 is 5.69 Å². The highest BCUT2D eigenvalue weighted by Gasteiger charge is 2.27. The molecule has 1 unspecified atom stereocenters. The van der Waals surface area contributed by atoms with Crippen LogP contribution < -0.4 is 16.4 Å². The lowest BCUT2D eigenvalue weighted by Gasteiger charge is -2.16. The summed E-state index contributed by atoms with van der Waals surface area (Å²) in [4.78, 5) is 30.3. The Labute approximate surface area is 137 Å². The van der Waals surface area contributed by atoms with Gasteiger partial charge in [-0.1, -0.05) is 30.3 Å². The first-order chi connectivity index (χ1) is 11.5. The molecule has 0 bridgehead atoms. The number of carbonyl (C=O) groups is 1. The van der Waals surface area contributed by atoms with Gasteiger partial charge in [0.1, 0.15) is 12.2 Å². The first kappa shape index (κ1) is 15.7. The van der Waals surface area contributed by atoms with Crippen LogP contribution in [0.3, 0.4) is 0 Å². The van der Waals surface area contributed by atoms with Crippen molar-refractivity contribution in [1.82, 2.24) is 9.97 Å². The van der Waals surface area contributed by atoms with Crippen LogP contribution in [0.1, 0.15) is 24.4 Å². The second-order valence-electron chi connectivity index (χ2n) is 5.49. The van der Waals surface area contributed by atoms with E-state index in [0.717, 1.165) is 19.0 Å². The van der Waals surface area contributed by atoms with Gasteiger partial charge in [0, 0.05) is 6.04 Å². The van der Waals surface area contributed by atoms with Gasteiger partial charge in [-0.15, -0.1) is 0 Å². The van der Waals surface area contributed by atoms with Crippen LogP contribution in [0.5, 0.6) is 0 Å². The number of anilines is 2. The zero-order chi connectivity index (χ0) is 17.1. The third-order valence-electron chi connectivity index (χ3n) is 3.58. The summed E-state index contributed by atoms with van der Waals surface area (Å²) in [6.45, 7) is 0. The number of carbonyl (C=O) groups excluding carboxylic acids is 1. The van der Waals surface area contributed by atoms with Crippen molar-refractivity contribution in [3.8, 4) is 0 Å². The maximum absolute atomic E-state index is 11.7. The molecule has 0 saturated heterocycles. The van der Waals surface area contributed by atoms with E-state index in [4.69, 9.17) is 5.73 Å². The number of nitro groups is 1. The molecular formula is C15H16N6O3. The molecule has 1 fully saturated rings. The number of hydrogen-bond acceptors (Lipinski definition) is 7. The Kier molecular flexibility index (Phi) is 4.23. The average Bonchev–Trinajstić information content (AvgIpc) is 3.37. The molecule has 1 heterocycles. The number of hydrogen-bond donors (Lipinski definition) is 3. The molecule has 1 saturated carbocycles. The van der Waals surface area contributed by atoms with Crippen molar-refractivity contribution < 1.29 is 9.72 Å². The number of nitrogens with two attached hydrogens (primary N) is 1. The molecule has 0 radical (unpaired) electrons. The van der Waals surface area contributed by atoms with Crippen molar-refractivity contribution in [2.45, 2.75) is 24.9 Å². The summed E-state index contributed by atoms with van der Waals surface area (Å²) in [5.41, 5.74) is 5.89. The van der Waals surface area contributed by atoms with Gasteiger partial charge in [-0.2, -0.15) is 4.98 Å². The Morgan fingerprint density at radius 3 is 2.62 bits per heavy atom. The van der Waals surface area contributed by atoms with Crippen LogP contribution in [0.25, 0.3) is 0 Å². The minimum Gasteiger partial charge on any atom is -0.368 e. The summed E-state index contributed by atoms with van der Waals surface area (Å²) in [7, 11) is 0. The van der Waals surface area contributed by atoms with Crippen LogP contribution in [-0.2, 0) is 4.79 Å². The third-order valence-corrected chi connectivity index (χ3v) is 3.58. The van der Waals surface area contributed by atoms with Crippen LogP contribution >= 0.6 is 0 Å². The molecule has 9 heteroatoms. The number of amides is 1.